The number of nitrogens with one attached hydrogen (secondary N) is 1. The van der Waals surface area contributed by atoms with Crippen molar-refractivity contribution in [2.45, 2.75) is 13.0 Å². The SMILES string of the molecule is O=C(NCc1nc(Cc2ccccc2)no1)c1cccc2scnc12. The van der Waals surface area contributed by atoms with Gasteiger partial charge in [-0.3, -0.25) is 4.79 Å². The van der Waals surface area contributed by atoms with Gasteiger partial charge in [-0.1, -0.05) is 41.6 Å². The quantitative estimate of drug-likeness (QED) is 0.598. The lowest BCUT2D eigenvalue weighted by Crippen LogP contribution is -2.23. The molecule has 0 unspecified atom stereocenters. The lowest BCUT2D eigenvalue weighted by atomic mass is 10.1. The molecule has 0 aliphatic heterocycles. The molecule has 0 saturated heterocycles. The van der Waals surface area contributed by atoms with Gasteiger partial charge in [-0.25, -0.2) is 4.98 Å². The molecular formula is C18H14N4O2S. The predicted octanol–water partition coefficient (Wildman–Crippen LogP) is 3.20. The molecule has 7 heteroatoms. The van der Waals surface area contributed by atoms with Gasteiger partial charge in [-0.05, 0) is 17.7 Å². The average Bonchev–Trinajstić information content (AvgIpc) is 3.29. The molecule has 2 aromatic carbocycles. The first-order valence-corrected chi connectivity index (χ1v) is 8.63. The van der Waals surface area contributed by atoms with E-state index in [1.165, 1.54) is 11.3 Å². The van der Waals surface area contributed by atoms with E-state index in [-0.39, 0.29) is 12.5 Å². The number of aromatic nitrogens is 3. The molecule has 0 aliphatic rings. The predicted molar refractivity (Wildman–Crippen MR) is 94.3 cm³/mol. The van der Waals surface area contributed by atoms with Crippen molar-refractivity contribution in [1.29, 1.82) is 0 Å². The molecule has 2 aromatic heterocycles. The number of hydrogen-bond acceptors (Lipinski definition) is 6. The second-order valence-corrected chi connectivity index (χ2v) is 6.34. The molecule has 1 N–H and O–H groups in total. The number of fused-ring (bicyclic) bond motifs is 1. The molecule has 1 amide bonds. The number of benzene rings is 2. The largest absolute Gasteiger partial charge is 0.343 e. The van der Waals surface area contributed by atoms with Crippen molar-refractivity contribution in [2.75, 3.05) is 0 Å². The molecule has 4 aromatic rings. The summed E-state index contributed by atoms with van der Waals surface area (Å²) in [5.41, 5.74) is 4.09. The van der Waals surface area contributed by atoms with Crippen LogP contribution in [0.4, 0.5) is 0 Å². The first kappa shape index (κ1) is 15.5. The highest BCUT2D eigenvalue weighted by Gasteiger charge is 2.13. The van der Waals surface area contributed by atoms with Crippen LogP contribution in [0.3, 0.4) is 0 Å². The molecule has 0 saturated carbocycles. The van der Waals surface area contributed by atoms with Gasteiger partial charge in [0.2, 0.25) is 5.89 Å². The number of carbonyl (C=O) groups is 1. The van der Waals surface area contributed by atoms with Crippen molar-refractivity contribution in [3.63, 3.8) is 0 Å². The molecule has 0 spiro atoms. The number of rotatable bonds is 5. The third kappa shape index (κ3) is 3.41. The van der Waals surface area contributed by atoms with Crippen molar-refractivity contribution in [3.8, 4) is 0 Å². The zero-order valence-electron chi connectivity index (χ0n) is 13.2. The van der Waals surface area contributed by atoms with E-state index in [2.05, 4.69) is 20.4 Å². The smallest absolute Gasteiger partial charge is 0.253 e. The number of nitrogens with zero attached hydrogens (tertiary/aromatic N) is 3. The molecule has 0 fully saturated rings. The fourth-order valence-corrected chi connectivity index (χ4v) is 3.24. The van der Waals surface area contributed by atoms with E-state index in [1.54, 1.807) is 11.6 Å². The molecule has 0 bridgehead atoms. The minimum absolute atomic E-state index is 0.182. The third-order valence-electron chi connectivity index (χ3n) is 3.72. The highest BCUT2D eigenvalue weighted by atomic mass is 32.1. The molecule has 124 valence electrons. The van der Waals surface area contributed by atoms with Crippen LogP contribution in [0, 0.1) is 0 Å². The first-order valence-electron chi connectivity index (χ1n) is 7.75. The second-order valence-electron chi connectivity index (χ2n) is 5.45. The Morgan fingerprint density at radius 3 is 2.88 bits per heavy atom. The van der Waals surface area contributed by atoms with Crippen molar-refractivity contribution >= 4 is 27.5 Å². The summed E-state index contributed by atoms with van der Waals surface area (Å²) in [7, 11) is 0. The molecule has 0 radical (unpaired) electrons. The van der Waals surface area contributed by atoms with Gasteiger partial charge in [0.1, 0.15) is 0 Å². The van der Waals surface area contributed by atoms with E-state index < -0.39 is 0 Å². The minimum atomic E-state index is -0.209. The summed E-state index contributed by atoms with van der Waals surface area (Å²) in [5.74, 6) is 0.765. The van der Waals surface area contributed by atoms with Crippen LogP contribution in [0.15, 0.2) is 58.6 Å². The Kier molecular flexibility index (Phi) is 4.22. The molecule has 25 heavy (non-hydrogen) atoms. The number of hydrogen-bond donors (Lipinski definition) is 1. The van der Waals surface area contributed by atoms with E-state index in [4.69, 9.17) is 4.52 Å². The number of thiazole rings is 1. The van der Waals surface area contributed by atoms with E-state index >= 15 is 0 Å². The van der Waals surface area contributed by atoms with E-state index in [0.717, 1.165) is 10.3 Å². The van der Waals surface area contributed by atoms with Gasteiger partial charge < -0.3 is 9.84 Å². The van der Waals surface area contributed by atoms with Crippen molar-refractivity contribution in [1.82, 2.24) is 20.4 Å². The molecule has 0 atom stereocenters. The highest BCUT2D eigenvalue weighted by molar-refractivity contribution is 7.16. The van der Waals surface area contributed by atoms with Crippen LogP contribution in [0.1, 0.15) is 27.6 Å². The Bertz CT molecular complexity index is 1010. The van der Waals surface area contributed by atoms with Gasteiger partial charge in [0.25, 0.3) is 5.91 Å². The molecule has 4 rings (SSSR count). The van der Waals surface area contributed by atoms with Gasteiger partial charge in [-0.15, -0.1) is 11.3 Å². The van der Waals surface area contributed by atoms with Gasteiger partial charge in [-0.2, -0.15) is 4.98 Å². The lowest BCUT2D eigenvalue weighted by molar-refractivity contribution is 0.0948. The Morgan fingerprint density at radius 1 is 1.12 bits per heavy atom. The van der Waals surface area contributed by atoms with Crippen LogP contribution in [0.2, 0.25) is 0 Å². The van der Waals surface area contributed by atoms with Crippen LogP contribution in [-0.2, 0) is 13.0 Å². The fraction of sp³-hybridized carbons (Fsp3) is 0.111. The van der Waals surface area contributed by atoms with Gasteiger partial charge in [0, 0.05) is 6.42 Å². The first-order chi connectivity index (χ1) is 12.3. The van der Waals surface area contributed by atoms with E-state index in [1.807, 2.05) is 42.5 Å². The van der Waals surface area contributed by atoms with Gasteiger partial charge >= 0.3 is 0 Å². The Morgan fingerprint density at radius 2 is 2.00 bits per heavy atom. The van der Waals surface area contributed by atoms with Crippen molar-refractivity contribution in [2.24, 2.45) is 0 Å². The minimum Gasteiger partial charge on any atom is -0.343 e. The Hall–Kier alpha value is -3.06. The summed E-state index contributed by atoms with van der Waals surface area (Å²) in [6.07, 6.45) is 0.594. The topological polar surface area (TPSA) is 80.9 Å². The fourth-order valence-electron chi connectivity index (χ4n) is 2.53. The molecule has 0 aliphatic carbocycles. The second kappa shape index (κ2) is 6.82. The summed E-state index contributed by atoms with van der Waals surface area (Å²) in [4.78, 5) is 21.0. The van der Waals surface area contributed by atoms with Crippen LogP contribution in [-0.4, -0.2) is 21.0 Å². The summed E-state index contributed by atoms with van der Waals surface area (Å²) in [6.45, 7) is 0.182. The van der Waals surface area contributed by atoms with Crippen LogP contribution in [0.25, 0.3) is 10.2 Å². The van der Waals surface area contributed by atoms with Gasteiger partial charge in [0.05, 0.1) is 27.8 Å². The molecule has 2 heterocycles. The summed E-state index contributed by atoms with van der Waals surface area (Å²) < 4.78 is 6.19. The van der Waals surface area contributed by atoms with Crippen LogP contribution < -0.4 is 5.32 Å². The monoisotopic (exact) mass is 350 g/mol. The summed E-state index contributed by atoms with van der Waals surface area (Å²) >= 11 is 1.51. The Balaban J connectivity index is 1.42. The average molecular weight is 350 g/mol. The van der Waals surface area contributed by atoms with Gasteiger partial charge in [0.15, 0.2) is 5.82 Å². The molecule has 6 nitrogen and oxygen atoms in total. The lowest BCUT2D eigenvalue weighted by Gasteiger charge is -2.03. The van der Waals surface area contributed by atoms with E-state index in [9.17, 15) is 4.79 Å². The van der Waals surface area contributed by atoms with Crippen molar-refractivity contribution in [3.05, 3.63) is 76.9 Å². The number of para-hydroxylation sites is 1. The maximum Gasteiger partial charge on any atom is 0.253 e. The number of amides is 1. The third-order valence-corrected chi connectivity index (χ3v) is 4.51. The number of carbonyl (C=O) groups excluding carboxylic acids is 1. The van der Waals surface area contributed by atoms with Crippen LogP contribution in [0.5, 0.6) is 0 Å². The van der Waals surface area contributed by atoms with Crippen LogP contribution >= 0.6 is 11.3 Å². The zero-order chi connectivity index (χ0) is 17.1. The molecular weight excluding hydrogens is 336 g/mol. The maximum absolute atomic E-state index is 12.4. The van der Waals surface area contributed by atoms with E-state index in [0.29, 0.717) is 29.2 Å². The summed E-state index contributed by atoms with van der Waals surface area (Å²) in [6, 6.07) is 15.5. The zero-order valence-corrected chi connectivity index (χ0v) is 14.0. The maximum atomic E-state index is 12.4. The Labute approximate surface area is 147 Å². The van der Waals surface area contributed by atoms with Crippen molar-refractivity contribution < 1.29 is 9.32 Å². The normalized spacial score (nSPS) is 10.9. The standard InChI is InChI=1S/C18H14N4O2S/c23-18(13-7-4-8-14-17(13)20-11-25-14)19-10-16-21-15(22-24-16)9-12-5-2-1-3-6-12/h1-8,11H,9-10H2,(H,19,23). The highest BCUT2D eigenvalue weighted by Crippen LogP contribution is 2.21. The summed E-state index contributed by atoms with van der Waals surface area (Å²) in [5, 5.41) is 6.76.